The van der Waals surface area contributed by atoms with Gasteiger partial charge < -0.3 is 5.32 Å². The Morgan fingerprint density at radius 1 is 0.800 bits per heavy atom. The van der Waals surface area contributed by atoms with Gasteiger partial charge in [-0.2, -0.15) is 0 Å². The van der Waals surface area contributed by atoms with Crippen LogP contribution in [0, 0.1) is 6.92 Å². The second-order valence-corrected chi connectivity index (χ2v) is 7.80. The number of imide groups is 1. The van der Waals surface area contributed by atoms with E-state index in [1.807, 2.05) is 85.8 Å². The lowest BCUT2D eigenvalue weighted by Gasteiger charge is -2.16. The van der Waals surface area contributed by atoms with Gasteiger partial charge in [0.25, 0.3) is 11.8 Å². The average Bonchev–Trinajstić information content (AvgIpc) is 2.98. The number of carbonyl (C=O) groups excluding carboxylic acids is 2. The molecule has 4 nitrogen and oxygen atoms in total. The number of rotatable bonds is 5. The van der Waals surface area contributed by atoms with Gasteiger partial charge in [-0.1, -0.05) is 68.4 Å². The van der Waals surface area contributed by atoms with Crippen molar-refractivity contribution in [1.29, 1.82) is 0 Å². The quantitative estimate of drug-likeness (QED) is 0.578. The van der Waals surface area contributed by atoms with Gasteiger partial charge >= 0.3 is 0 Å². The van der Waals surface area contributed by atoms with Crippen LogP contribution in [0.3, 0.4) is 0 Å². The second kappa shape index (κ2) is 7.99. The predicted octanol–water partition coefficient (Wildman–Crippen LogP) is 5.52. The molecule has 0 bridgehead atoms. The summed E-state index contributed by atoms with van der Waals surface area (Å²) in [5, 5.41) is 3.21. The maximum absolute atomic E-state index is 13.4. The summed E-state index contributed by atoms with van der Waals surface area (Å²) in [6, 6.07) is 24.7. The molecule has 30 heavy (non-hydrogen) atoms. The molecule has 150 valence electrons. The van der Waals surface area contributed by atoms with Crippen molar-refractivity contribution in [2.24, 2.45) is 0 Å². The zero-order valence-corrected chi connectivity index (χ0v) is 17.3. The van der Waals surface area contributed by atoms with Crippen LogP contribution in [0.4, 0.5) is 11.4 Å². The summed E-state index contributed by atoms with van der Waals surface area (Å²) in [6.07, 6.45) is 0. The highest BCUT2D eigenvalue weighted by atomic mass is 16.2. The topological polar surface area (TPSA) is 49.4 Å². The van der Waals surface area contributed by atoms with Crippen LogP contribution in [-0.4, -0.2) is 11.8 Å². The van der Waals surface area contributed by atoms with Crippen molar-refractivity contribution in [3.05, 3.63) is 101 Å². The molecule has 0 unspecified atom stereocenters. The smallest absolute Gasteiger partial charge is 0.282 e. The zero-order chi connectivity index (χ0) is 21.3. The van der Waals surface area contributed by atoms with Crippen molar-refractivity contribution in [3.8, 4) is 0 Å². The summed E-state index contributed by atoms with van der Waals surface area (Å²) < 4.78 is 0. The molecule has 0 saturated heterocycles. The first-order valence-electron chi connectivity index (χ1n) is 10.1. The standard InChI is InChI=1S/C26H24N2O2/c1-17(2)19-12-14-22(15-13-19)28-25(29)23(20-9-5-4-6-10-20)24(26(28)30)27-21-11-7-8-18(3)16-21/h4-17,27H,1-3H3. The van der Waals surface area contributed by atoms with Crippen molar-refractivity contribution in [1.82, 2.24) is 0 Å². The number of hydrogen-bond donors (Lipinski definition) is 1. The summed E-state index contributed by atoms with van der Waals surface area (Å²) in [5.41, 5.74) is 4.97. The minimum atomic E-state index is -0.349. The van der Waals surface area contributed by atoms with Crippen LogP contribution < -0.4 is 10.2 Å². The number of benzene rings is 3. The molecule has 4 heteroatoms. The molecule has 0 radical (unpaired) electrons. The van der Waals surface area contributed by atoms with E-state index in [4.69, 9.17) is 0 Å². The third-order valence-electron chi connectivity index (χ3n) is 5.25. The Morgan fingerprint density at radius 3 is 2.13 bits per heavy atom. The zero-order valence-electron chi connectivity index (χ0n) is 17.3. The van der Waals surface area contributed by atoms with E-state index in [9.17, 15) is 9.59 Å². The van der Waals surface area contributed by atoms with Gasteiger partial charge in [-0.05, 0) is 53.8 Å². The Hall–Kier alpha value is -3.66. The van der Waals surface area contributed by atoms with Gasteiger partial charge in [0.15, 0.2) is 0 Å². The van der Waals surface area contributed by atoms with E-state index in [-0.39, 0.29) is 11.8 Å². The maximum atomic E-state index is 13.4. The average molecular weight is 396 g/mol. The van der Waals surface area contributed by atoms with Crippen molar-refractivity contribution < 1.29 is 9.59 Å². The molecular weight excluding hydrogens is 372 g/mol. The predicted molar refractivity (Wildman–Crippen MR) is 121 cm³/mol. The summed E-state index contributed by atoms with van der Waals surface area (Å²) >= 11 is 0. The summed E-state index contributed by atoms with van der Waals surface area (Å²) in [7, 11) is 0. The molecule has 0 atom stereocenters. The van der Waals surface area contributed by atoms with Gasteiger partial charge in [0.05, 0.1) is 11.3 Å². The molecule has 2 amide bonds. The molecule has 3 aromatic carbocycles. The monoisotopic (exact) mass is 396 g/mol. The van der Waals surface area contributed by atoms with Crippen LogP contribution in [0.1, 0.15) is 36.5 Å². The van der Waals surface area contributed by atoms with Crippen molar-refractivity contribution in [2.45, 2.75) is 26.7 Å². The van der Waals surface area contributed by atoms with Crippen molar-refractivity contribution >= 4 is 28.8 Å². The lowest BCUT2D eigenvalue weighted by atomic mass is 10.0. The van der Waals surface area contributed by atoms with Gasteiger partial charge in [0.2, 0.25) is 0 Å². The van der Waals surface area contributed by atoms with E-state index < -0.39 is 0 Å². The van der Waals surface area contributed by atoms with E-state index >= 15 is 0 Å². The number of anilines is 2. The first kappa shape index (κ1) is 19.6. The van der Waals surface area contributed by atoms with E-state index in [0.29, 0.717) is 28.4 Å². The highest BCUT2D eigenvalue weighted by molar-refractivity contribution is 6.46. The fraction of sp³-hybridized carbons (Fsp3) is 0.154. The van der Waals surface area contributed by atoms with E-state index in [0.717, 1.165) is 16.8 Å². The van der Waals surface area contributed by atoms with Crippen LogP contribution in [0.5, 0.6) is 0 Å². The Kier molecular flexibility index (Phi) is 5.23. The minimum absolute atomic E-state index is 0.296. The molecule has 0 aromatic heterocycles. The third-order valence-corrected chi connectivity index (χ3v) is 5.25. The lowest BCUT2D eigenvalue weighted by Crippen LogP contribution is -2.32. The van der Waals surface area contributed by atoms with Crippen LogP contribution in [0.2, 0.25) is 0 Å². The molecule has 0 spiro atoms. The van der Waals surface area contributed by atoms with Gasteiger partial charge in [0, 0.05) is 5.69 Å². The molecule has 0 fully saturated rings. The fourth-order valence-electron chi connectivity index (χ4n) is 3.63. The Morgan fingerprint density at radius 2 is 1.50 bits per heavy atom. The molecule has 1 aliphatic heterocycles. The van der Waals surface area contributed by atoms with Gasteiger partial charge in [-0.25, -0.2) is 4.90 Å². The SMILES string of the molecule is Cc1cccc(NC2=C(c3ccccc3)C(=O)N(c3ccc(C(C)C)cc3)C2=O)c1. The second-order valence-electron chi connectivity index (χ2n) is 7.80. The van der Waals surface area contributed by atoms with Crippen LogP contribution in [-0.2, 0) is 9.59 Å². The highest BCUT2D eigenvalue weighted by Gasteiger charge is 2.40. The van der Waals surface area contributed by atoms with Crippen molar-refractivity contribution in [2.75, 3.05) is 10.2 Å². The Bertz CT molecular complexity index is 1130. The molecule has 1 heterocycles. The first-order valence-corrected chi connectivity index (χ1v) is 10.1. The molecule has 1 aliphatic rings. The highest BCUT2D eigenvalue weighted by Crippen LogP contribution is 2.34. The van der Waals surface area contributed by atoms with E-state index in [1.54, 1.807) is 0 Å². The summed E-state index contributed by atoms with van der Waals surface area (Å²) in [5.74, 6) is -0.295. The first-order chi connectivity index (χ1) is 14.5. The summed E-state index contributed by atoms with van der Waals surface area (Å²) in [6.45, 7) is 6.21. The molecule has 0 saturated carbocycles. The van der Waals surface area contributed by atoms with Crippen LogP contribution in [0.15, 0.2) is 84.6 Å². The molecule has 4 rings (SSSR count). The number of hydrogen-bond acceptors (Lipinski definition) is 3. The maximum Gasteiger partial charge on any atom is 0.282 e. The summed E-state index contributed by atoms with van der Waals surface area (Å²) in [4.78, 5) is 28.1. The minimum Gasteiger partial charge on any atom is -0.350 e. The number of nitrogens with one attached hydrogen (secondary N) is 1. The number of aryl methyl sites for hydroxylation is 1. The van der Waals surface area contributed by atoms with Gasteiger partial charge in [-0.15, -0.1) is 0 Å². The van der Waals surface area contributed by atoms with Gasteiger partial charge in [-0.3, -0.25) is 9.59 Å². The number of amides is 2. The molecular formula is C26H24N2O2. The largest absolute Gasteiger partial charge is 0.350 e. The van der Waals surface area contributed by atoms with Gasteiger partial charge in [0.1, 0.15) is 5.70 Å². The number of carbonyl (C=O) groups is 2. The lowest BCUT2D eigenvalue weighted by molar-refractivity contribution is -0.120. The van der Waals surface area contributed by atoms with Crippen LogP contribution >= 0.6 is 0 Å². The molecule has 3 aromatic rings. The Balaban J connectivity index is 1.77. The van der Waals surface area contributed by atoms with Crippen molar-refractivity contribution in [3.63, 3.8) is 0 Å². The van der Waals surface area contributed by atoms with E-state index in [1.165, 1.54) is 4.90 Å². The fourth-order valence-corrected chi connectivity index (χ4v) is 3.63. The van der Waals surface area contributed by atoms with Crippen LogP contribution in [0.25, 0.3) is 5.57 Å². The molecule has 1 N–H and O–H groups in total. The van der Waals surface area contributed by atoms with E-state index in [2.05, 4.69) is 19.2 Å². The number of nitrogens with zero attached hydrogens (tertiary/aromatic N) is 1. The normalized spacial score (nSPS) is 14.1. The third kappa shape index (κ3) is 3.64. The Labute approximate surface area is 176 Å². The molecule has 0 aliphatic carbocycles.